The normalized spacial score (nSPS) is 10.8. The lowest BCUT2D eigenvalue weighted by Gasteiger charge is -2.05. The van der Waals surface area contributed by atoms with Gasteiger partial charge in [-0.3, -0.25) is 4.98 Å². The summed E-state index contributed by atoms with van der Waals surface area (Å²) in [6, 6.07) is 11.6. The molecule has 0 saturated heterocycles. The Labute approximate surface area is 154 Å². The van der Waals surface area contributed by atoms with Crippen molar-refractivity contribution in [3.05, 3.63) is 55.0 Å². The van der Waals surface area contributed by atoms with Crippen LogP contribution in [0, 0.1) is 0 Å². The SMILES string of the molecule is COc1cncc(-c2cn3nc(NCCOc4ccccc4)sc3n2)c1. The number of ether oxygens (including phenoxy) is 2. The number of nitrogens with zero attached hydrogens (tertiary/aromatic N) is 4. The van der Waals surface area contributed by atoms with E-state index >= 15 is 0 Å². The zero-order valence-corrected chi connectivity index (χ0v) is 14.9. The van der Waals surface area contributed by atoms with E-state index in [1.807, 2.05) is 42.6 Å². The molecule has 7 nitrogen and oxygen atoms in total. The van der Waals surface area contributed by atoms with Gasteiger partial charge in [0.1, 0.15) is 18.1 Å². The topological polar surface area (TPSA) is 73.6 Å². The van der Waals surface area contributed by atoms with Crippen molar-refractivity contribution in [2.24, 2.45) is 0 Å². The highest BCUT2D eigenvalue weighted by molar-refractivity contribution is 7.20. The van der Waals surface area contributed by atoms with Crippen molar-refractivity contribution in [3.8, 4) is 22.8 Å². The molecule has 0 atom stereocenters. The van der Waals surface area contributed by atoms with Gasteiger partial charge in [-0.1, -0.05) is 29.5 Å². The minimum absolute atomic E-state index is 0.562. The molecule has 3 heterocycles. The Hall–Kier alpha value is -3.13. The van der Waals surface area contributed by atoms with E-state index in [-0.39, 0.29) is 0 Å². The monoisotopic (exact) mass is 367 g/mol. The summed E-state index contributed by atoms with van der Waals surface area (Å²) in [4.78, 5) is 9.58. The highest BCUT2D eigenvalue weighted by Crippen LogP contribution is 2.25. The molecule has 0 radical (unpaired) electrons. The van der Waals surface area contributed by atoms with E-state index in [1.54, 1.807) is 24.0 Å². The first-order chi connectivity index (χ1) is 12.8. The molecular weight excluding hydrogens is 350 g/mol. The first-order valence-corrected chi connectivity index (χ1v) is 8.91. The first-order valence-electron chi connectivity index (χ1n) is 8.09. The maximum absolute atomic E-state index is 5.66. The molecule has 26 heavy (non-hydrogen) atoms. The predicted molar refractivity (Wildman–Crippen MR) is 101 cm³/mol. The van der Waals surface area contributed by atoms with Crippen LogP contribution in [0.2, 0.25) is 0 Å². The number of imidazole rings is 1. The maximum atomic E-state index is 5.66. The third-order valence-corrected chi connectivity index (χ3v) is 4.56. The fourth-order valence-electron chi connectivity index (χ4n) is 2.42. The van der Waals surface area contributed by atoms with Crippen LogP contribution in [0.5, 0.6) is 11.5 Å². The van der Waals surface area contributed by atoms with Crippen LogP contribution in [0.15, 0.2) is 55.0 Å². The van der Waals surface area contributed by atoms with Crippen LogP contribution in [0.3, 0.4) is 0 Å². The van der Waals surface area contributed by atoms with E-state index in [9.17, 15) is 0 Å². The lowest BCUT2D eigenvalue weighted by atomic mass is 10.2. The zero-order chi connectivity index (χ0) is 17.8. The number of para-hydroxylation sites is 1. The Bertz CT molecular complexity index is 968. The lowest BCUT2D eigenvalue weighted by molar-refractivity contribution is 0.333. The first kappa shape index (κ1) is 16.3. The Balaban J connectivity index is 1.38. The fourth-order valence-corrected chi connectivity index (χ4v) is 3.23. The van der Waals surface area contributed by atoms with Crippen molar-refractivity contribution >= 4 is 21.4 Å². The highest BCUT2D eigenvalue weighted by atomic mass is 32.1. The molecule has 0 fully saturated rings. The lowest BCUT2D eigenvalue weighted by Crippen LogP contribution is -2.11. The van der Waals surface area contributed by atoms with Crippen molar-refractivity contribution in [2.45, 2.75) is 0 Å². The molecule has 1 N–H and O–H groups in total. The maximum Gasteiger partial charge on any atom is 0.214 e. The zero-order valence-electron chi connectivity index (χ0n) is 14.1. The van der Waals surface area contributed by atoms with E-state index in [0.29, 0.717) is 18.9 Å². The third kappa shape index (κ3) is 3.60. The molecule has 3 aromatic heterocycles. The molecule has 0 aliphatic carbocycles. The number of aromatic nitrogens is 4. The van der Waals surface area contributed by atoms with Gasteiger partial charge in [0.2, 0.25) is 10.1 Å². The average molecular weight is 367 g/mol. The van der Waals surface area contributed by atoms with Gasteiger partial charge in [0.05, 0.1) is 31.7 Å². The number of nitrogens with one attached hydrogen (secondary N) is 1. The number of hydrogen-bond acceptors (Lipinski definition) is 7. The minimum atomic E-state index is 0.562. The van der Waals surface area contributed by atoms with E-state index in [1.165, 1.54) is 11.3 Å². The van der Waals surface area contributed by atoms with Gasteiger partial charge >= 0.3 is 0 Å². The molecule has 0 bridgehead atoms. The summed E-state index contributed by atoms with van der Waals surface area (Å²) in [5.41, 5.74) is 1.71. The summed E-state index contributed by atoms with van der Waals surface area (Å²) in [6.07, 6.45) is 5.31. The van der Waals surface area contributed by atoms with Crippen molar-refractivity contribution in [1.82, 2.24) is 19.6 Å². The molecule has 4 aromatic rings. The van der Waals surface area contributed by atoms with Crippen LogP contribution in [0.4, 0.5) is 5.13 Å². The second-order valence-electron chi connectivity index (χ2n) is 5.46. The van der Waals surface area contributed by atoms with E-state index in [2.05, 4.69) is 20.4 Å². The van der Waals surface area contributed by atoms with Crippen LogP contribution in [-0.4, -0.2) is 39.8 Å². The van der Waals surface area contributed by atoms with Gasteiger partial charge in [0.15, 0.2) is 0 Å². The standard InChI is InChI=1S/C18H17N5O2S/c1-24-15-9-13(10-19-11-15)16-12-23-18(21-16)26-17(22-23)20-7-8-25-14-5-3-2-4-6-14/h2-6,9-12H,7-8H2,1H3,(H,20,22). The summed E-state index contributed by atoms with van der Waals surface area (Å²) in [5.74, 6) is 1.56. The number of pyridine rings is 1. The Morgan fingerprint density at radius 1 is 1.15 bits per heavy atom. The highest BCUT2D eigenvalue weighted by Gasteiger charge is 2.10. The number of methoxy groups -OCH3 is 1. The summed E-state index contributed by atoms with van der Waals surface area (Å²) in [7, 11) is 1.62. The van der Waals surface area contributed by atoms with Gasteiger partial charge < -0.3 is 14.8 Å². The molecule has 0 saturated carbocycles. The van der Waals surface area contributed by atoms with Gasteiger partial charge in [-0.2, -0.15) is 0 Å². The molecule has 4 rings (SSSR count). The number of benzene rings is 1. The van der Waals surface area contributed by atoms with Gasteiger partial charge in [-0.25, -0.2) is 9.50 Å². The molecule has 0 aliphatic heterocycles. The predicted octanol–water partition coefficient (Wildman–Crippen LogP) is 3.35. The molecular formula is C18H17N5O2S. The Morgan fingerprint density at radius 3 is 2.85 bits per heavy atom. The van der Waals surface area contributed by atoms with Crippen LogP contribution in [-0.2, 0) is 0 Å². The largest absolute Gasteiger partial charge is 0.495 e. The molecule has 0 amide bonds. The van der Waals surface area contributed by atoms with Gasteiger partial charge in [0.25, 0.3) is 0 Å². The summed E-state index contributed by atoms with van der Waals surface area (Å²) >= 11 is 1.49. The van der Waals surface area contributed by atoms with Crippen LogP contribution < -0.4 is 14.8 Å². The Morgan fingerprint density at radius 2 is 2.04 bits per heavy atom. The molecule has 0 spiro atoms. The second-order valence-corrected chi connectivity index (χ2v) is 6.42. The van der Waals surface area contributed by atoms with E-state index in [0.717, 1.165) is 27.1 Å². The molecule has 8 heteroatoms. The van der Waals surface area contributed by atoms with Crippen molar-refractivity contribution in [2.75, 3.05) is 25.6 Å². The summed E-state index contributed by atoms with van der Waals surface area (Å²) in [6.45, 7) is 1.23. The average Bonchev–Trinajstić information content (AvgIpc) is 3.25. The van der Waals surface area contributed by atoms with E-state index < -0.39 is 0 Å². The van der Waals surface area contributed by atoms with Crippen LogP contribution >= 0.6 is 11.3 Å². The smallest absolute Gasteiger partial charge is 0.214 e. The number of rotatable bonds is 7. The minimum Gasteiger partial charge on any atom is -0.495 e. The third-order valence-electron chi connectivity index (χ3n) is 3.68. The number of hydrogen-bond donors (Lipinski definition) is 1. The fraction of sp³-hybridized carbons (Fsp3) is 0.167. The quantitative estimate of drug-likeness (QED) is 0.505. The number of anilines is 1. The van der Waals surface area contributed by atoms with Crippen LogP contribution in [0.25, 0.3) is 16.2 Å². The summed E-state index contributed by atoms with van der Waals surface area (Å²) < 4.78 is 12.6. The second kappa shape index (κ2) is 7.40. The molecule has 0 aliphatic rings. The van der Waals surface area contributed by atoms with Crippen molar-refractivity contribution < 1.29 is 9.47 Å². The van der Waals surface area contributed by atoms with Gasteiger partial charge in [0, 0.05) is 11.8 Å². The van der Waals surface area contributed by atoms with Gasteiger partial charge in [-0.15, -0.1) is 5.10 Å². The van der Waals surface area contributed by atoms with Crippen molar-refractivity contribution in [1.29, 1.82) is 0 Å². The Kier molecular flexibility index (Phi) is 4.65. The molecule has 0 unspecified atom stereocenters. The van der Waals surface area contributed by atoms with Crippen molar-refractivity contribution in [3.63, 3.8) is 0 Å². The molecule has 1 aromatic carbocycles. The molecule has 132 valence electrons. The van der Waals surface area contributed by atoms with Gasteiger partial charge in [-0.05, 0) is 18.2 Å². The van der Waals surface area contributed by atoms with E-state index in [4.69, 9.17) is 9.47 Å². The number of fused-ring (bicyclic) bond motifs is 1. The van der Waals surface area contributed by atoms with Crippen LogP contribution in [0.1, 0.15) is 0 Å². The summed E-state index contributed by atoms with van der Waals surface area (Å²) in [5, 5.41) is 8.56.